The van der Waals surface area contributed by atoms with Gasteiger partial charge in [0.25, 0.3) is 5.91 Å². The molecule has 1 heterocycles. The van der Waals surface area contributed by atoms with E-state index in [0.29, 0.717) is 12.0 Å². The molecule has 2 aliphatic rings. The number of hydrogen-bond donors (Lipinski definition) is 2. The van der Waals surface area contributed by atoms with E-state index in [2.05, 4.69) is 5.32 Å². The molecule has 3 N–H and O–H groups in total. The summed E-state index contributed by atoms with van der Waals surface area (Å²) in [5.41, 5.74) is 6.49. The second kappa shape index (κ2) is 14.9. The zero-order valence-electron chi connectivity index (χ0n) is 24.6. The molecule has 0 saturated carbocycles. The third-order valence-electron chi connectivity index (χ3n) is 7.29. The Morgan fingerprint density at radius 2 is 1.62 bits per heavy atom. The standard InChI is InChI=1S/C30H42N2O8/c1-16-10-9-11-17(2)29(35)32-23-15-21(33)14-22(25(23)34)27(38-7)20(5)13-24(37-6)28(39-8)19(4)12-18(3)26(16)40-30(31)36/h9-12,14-16,19-20,24,26-28H,13H2,1-8H3,(H2,31,36)(H,32,35)/t16-,19+,20+,24+,26-,27-,28-/m1/s1. The molecule has 2 rings (SSSR count). The molecule has 1 aliphatic heterocycles. The van der Waals surface area contributed by atoms with Gasteiger partial charge >= 0.3 is 6.09 Å². The number of primary amides is 1. The maximum absolute atomic E-state index is 13.4. The molecule has 0 aromatic heterocycles. The number of ketones is 2. The zero-order chi connectivity index (χ0) is 30.1. The minimum absolute atomic E-state index is 0.119. The van der Waals surface area contributed by atoms with Gasteiger partial charge in [-0.05, 0) is 37.8 Å². The van der Waals surface area contributed by atoms with Crippen molar-refractivity contribution < 1.29 is 38.1 Å². The van der Waals surface area contributed by atoms with Gasteiger partial charge in [0.15, 0.2) is 5.78 Å². The molecule has 0 saturated heterocycles. The van der Waals surface area contributed by atoms with E-state index in [-0.39, 0.29) is 29.0 Å². The first kappa shape index (κ1) is 32.9. The Hall–Kier alpha value is -3.34. The van der Waals surface area contributed by atoms with Crippen LogP contribution in [0, 0.1) is 17.8 Å². The highest BCUT2D eigenvalue weighted by molar-refractivity contribution is 6.22. The number of nitrogens with one attached hydrogen (secondary N) is 1. The van der Waals surface area contributed by atoms with Crippen LogP contribution in [0.15, 0.2) is 58.9 Å². The second-order valence-corrected chi connectivity index (χ2v) is 10.4. The van der Waals surface area contributed by atoms with E-state index in [9.17, 15) is 19.2 Å². The van der Waals surface area contributed by atoms with Crippen LogP contribution in [0.4, 0.5) is 4.79 Å². The normalized spacial score (nSPS) is 31.0. The van der Waals surface area contributed by atoms with Gasteiger partial charge in [-0.25, -0.2) is 4.79 Å². The number of methoxy groups -OCH3 is 3. The molecule has 0 radical (unpaired) electrons. The van der Waals surface area contributed by atoms with Crippen LogP contribution in [0.1, 0.15) is 41.0 Å². The molecule has 2 amide bonds. The Balaban J connectivity index is 2.62. The fraction of sp³-hybridized carbons (Fsp3) is 0.533. The van der Waals surface area contributed by atoms with Crippen molar-refractivity contribution in [2.24, 2.45) is 23.5 Å². The summed E-state index contributed by atoms with van der Waals surface area (Å²) in [5, 5.41) is 2.56. The van der Waals surface area contributed by atoms with Crippen molar-refractivity contribution >= 4 is 23.6 Å². The Kier molecular flexibility index (Phi) is 12.2. The average molecular weight is 559 g/mol. The Morgan fingerprint density at radius 1 is 0.950 bits per heavy atom. The predicted octanol–water partition coefficient (Wildman–Crippen LogP) is 3.33. The first-order valence-electron chi connectivity index (χ1n) is 13.3. The van der Waals surface area contributed by atoms with Crippen molar-refractivity contribution in [3.63, 3.8) is 0 Å². The highest BCUT2D eigenvalue weighted by Gasteiger charge is 2.36. The lowest BCUT2D eigenvalue weighted by Crippen LogP contribution is -2.40. The van der Waals surface area contributed by atoms with E-state index in [0.717, 1.165) is 11.6 Å². The number of carbonyl (C=O) groups is 4. The fourth-order valence-corrected chi connectivity index (χ4v) is 5.27. The van der Waals surface area contributed by atoms with E-state index in [4.69, 9.17) is 24.7 Å². The first-order chi connectivity index (χ1) is 18.8. The van der Waals surface area contributed by atoms with Gasteiger partial charge in [0.1, 0.15) is 6.10 Å². The van der Waals surface area contributed by atoms with Gasteiger partial charge in [-0.2, -0.15) is 0 Å². The monoisotopic (exact) mass is 558 g/mol. The Bertz CT molecular complexity index is 1130. The Morgan fingerprint density at radius 3 is 2.20 bits per heavy atom. The largest absolute Gasteiger partial charge is 0.441 e. The second-order valence-electron chi connectivity index (χ2n) is 10.4. The summed E-state index contributed by atoms with van der Waals surface area (Å²) in [6.07, 6.45) is 6.65. The molecule has 2 bridgehead atoms. The van der Waals surface area contributed by atoms with E-state index in [1.54, 1.807) is 39.4 Å². The number of Topliss-reactive ketones (excluding diaryl/α,β-unsaturated/α-hetero) is 1. The number of fused-ring (bicyclic) bond motifs is 2. The van der Waals surface area contributed by atoms with Crippen molar-refractivity contribution in [2.45, 2.75) is 65.5 Å². The van der Waals surface area contributed by atoms with Crippen LogP contribution in [0.25, 0.3) is 0 Å². The molecule has 1 aliphatic carbocycles. The first-order valence-corrected chi connectivity index (χ1v) is 13.3. The molecule has 0 aromatic carbocycles. The summed E-state index contributed by atoms with van der Waals surface area (Å²) in [7, 11) is 4.64. The van der Waals surface area contributed by atoms with E-state index < -0.39 is 48.0 Å². The van der Waals surface area contributed by atoms with E-state index in [1.807, 2.05) is 33.8 Å². The SMILES string of the molecule is CO[C@H]1[C@@H](OC)C[C@H](C)[C@@H](OC)C2=CC(=O)C=C(NC(=O)C(C)=CC=C[C@@H](C)[C@@H](OC(N)=O)C(C)=C[C@@H]1C)C2=O. The van der Waals surface area contributed by atoms with Crippen LogP contribution in [-0.2, 0) is 33.3 Å². The fourth-order valence-electron chi connectivity index (χ4n) is 5.27. The highest BCUT2D eigenvalue weighted by atomic mass is 16.6. The number of nitrogens with two attached hydrogens (primary N) is 1. The molecular weight excluding hydrogens is 516 g/mol. The molecular formula is C30H42N2O8. The highest BCUT2D eigenvalue weighted by Crippen LogP contribution is 2.30. The van der Waals surface area contributed by atoms with Crippen LogP contribution in [0.2, 0.25) is 0 Å². The maximum Gasteiger partial charge on any atom is 0.405 e. The van der Waals surface area contributed by atoms with Crippen molar-refractivity contribution in [3.05, 3.63) is 58.9 Å². The predicted molar refractivity (Wildman–Crippen MR) is 150 cm³/mol. The van der Waals surface area contributed by atoms with Crippen molar-refractivity contribution in [3.8, 4) is 0 Å². The number of ether oxygens (including phenoxy) is 4. The van der Waals surface area contributed by atoms with Gasteiger partial charge < -0.3 is 30.0 Å². The zero-order valence-corrected chi connectivity index (χ0v) is 24.6. The summed E-state index contributed by atoms with van der Waals surface area (Å²) < 4.78 is 22.9. The lowest BCUT2D eigenvalue weighted by Gasteiger charge is -2.34. The molecule has 220 valence electrons. The van der Waals surface area contributed by atoms with Gasteiger partial charge in [0.05, 0.1) is 24.0 Å². The molecule has 10 heteroatoms. The smallest absolute Gasteiger partial charge is 0.405 e. The number of hydrogen-bond acceptors (Lipinski definition) is 8. The average Bonchev–Trinajstić information content (AvgIpc) is 2.88. The van der Waals surface area contributed by atoms with Crippen LogP contribution in [0.5, 0.6) is 0 Å². The van der Waals surface area contributed by atoms with Crippen molar-refractivity contribution in [1.82, 2.24) is 5.32 Å². The summed E-state index contributed by atoms with van der Waals surface area (Å²) >= 11 is 0. The van der Waals surface area contributed by atoms with Crippen LogP contribution >= 0.6 is 0 Å². The van der Waals surface area contributed by atoms with Crippen LogP contribution in [-0.4, -0.2) is 69.3 Å². The quantitative estimate of drug-likeness (QED) is 0.395. The van der Waals surface area contributed by atoms with E-state index in [1.165, 1.54) is 13.2 Å². The van der Waals surface area contributed by atoms with Gasteiger partial charge in [0.2, 0.25) is 5.78 Å². The molecule has 10 nitrogen and oxygen atoms in total. The molecule has 0 fully saturated rings. The van der Waals surface area contributed by atoms with Gasteiger partial charge in [0, 0.05) is 50.4 Å². The summed E-state index contributed by atoms with van der Waals surface area (Å²) in [5.74, 6) is -2.19. The number of allylic oxidation sites excluding steroid dienone is 5. The lowest BCUT2D eigenvalue weighted by molar-refractivity contribution is -0.120. The minimum atomic E-state index is -0.902. The number of rotatable bonds is 4. The Labute approximate surface area is 236 Å². The van der Waals surface area contributed by atoms with Crippen molar-refractivity contribution in [2.75, 3.05) is 21.3 Å². The van der Waals surface area contributed by atoms with Gasteiger partial charge in [-0.3, -0.25) is 14.4 Å². The molecule has 0 aromatic rings. The summed E-state index contributed by atoms with van der Waals surface area (Å²) in [4.78, 5) is 50.5. The van der Waals surface area contributed by atoms with E-state index >= 15 is 0 Å². The summed E-state index contributed by atoms with van der Waals surface area (Å²) in [6, 6.07) is 0. The maximum atomic E-state index is 13.4. The number of amides is 2. The van der Waals surface area contributed by atoms with Gasteiger partial charge in [-0.15, -0.1) is 0 Å². The summed E-state index contributed by atoms with van der Waals surface area (Å²) in [6.45, 7) is 9.17. The lowest BCUT2D eigenvalue weighted by atomic mass is 9.83. The third kappa shape index (κ3) is 8.33. The molecule has 0 spiro atoms. The molecule has 0 unspecified atom stereocenters. The minimum Gasteiger partial charge on any atom is -0.441 e. The number of carbonyl (C=O) groups excluding carboxylic acids is 4. The topological polar surface area (TPSA) is 143 Å². The molecule has 7 atom stereocenters. The third-order valence-corrected chi connectivity index (χ3v) is 7.29. The van der Waals surface area contributed by atoms with Crippen LogP contribution in [0.3, 0.4) is 0 Å². The molecule has 40 heavy (non-hydrogen) atoms. The van der Waals surface area contributed by atoms with Crippen molar-refractivity contribution in [1.29, 1.82) is 0 Å². The van der Waals surface area contributed by atoms with Crippen LogP contribution < -0.4 is 11.1 Å². The van der Waals surface area contributed by atoms with Gasteiger partial charge in [-0.1, -0.05) is 45.1 Å².